The van der Waals surface area contributed by atoms with Crippen molar-refractivity contribution in [2.75, 3.05) is 5.32 Å². The largest absolute Gasteiger partial charge is 0.328 e. The molecule has 6 nitrogen and oxygen atoms in total. The van der Waals surface area contributed by atoms with Crippen LogP contribution in [0, 0.1) is 13.8 Å². The lowest BCUT2D eigenvalue weighted by molar-refractivity contribution is 0.102. The molecule has 0 aliphatic heterocycles. The van der Waals surface area contributed by atoms with Crippen molar-refractivity contribution in [2.24, 2.45) is 0 Å². The Labute approximate surface area is 132 Å². The summed E-state index contributed by atoms with van der Waals surface area (Å²) in [4.78, 5) is 26.6. The molecule has 2 aromatic heterocycles. The van der Waals surface area contributed by atoms with Crippen LogP contribution in [0.25, 0.3) is 5.69 Å². The lowest BCUT2D eigenvalue weighted by Crippen LogP contribution is -2.23. The standard InChI is InChI=1S/C17H16N4O2/c1-11-10-12(2)21(20-11)15-8-4-3-7-14(15)19-17(23)13-6-5-9-18-16(13)22/h3-10H,1-2H3,(H,18,22)(H,19,23). The molecule has 0 aliphatic carbocycles. The van der Waals surface area contributed by atoms with Crippen molar-refractivity contribution in [3.05, 3.63) is 76.0 Å². The zero-order chi connectivity index (χ0) is 16.4. The number of para-hydroxylation sites is 2. The first-order chi connectivity index (χ1) is 11.1. The number of aryl methyl sites for hydroxylation is 2. The summed E-state index contributed by atoms with van der Waals surface area (Å²) in [5.41, 5.74) is 2.83. The first-order valence-corrected chi connectivity index (χ1v) is 7.18. The molecule has 3 rings (SSSR count). The Morgan fingerprint density at radius 3 is 2.65 bits per heavy atom. The van der Waals surface area contributed by atoms with Gasteiger partial charge in [0.1, 0.15) is 5.56 Å². The van der Waals surface area contributed by atoms with Crippen molar-refractivity contribution >= 4 is 11.6 Å². The van der Waals surface area contributed by atoms with Gasteiger partial charge in [-0.05, 0) is 44.2 Å². The van der Waals surface area contributed by atoms with Gasteiger partial charge in [0.15, 0.2) is 0 Å². The minimum atomic E-state index is -0.458. The molecular formula is C17H16N4O2. The molecular weight excluding hydrogens is 292 g/mol. The minimum Gasteiger partial charge on any atom is -0.328 e. The summed E-state index contributed by atoms with van der Waals surface area (Å²) < 4.78 is 1.76. The van der Waals surface area contributed by atoms with E-state index in [-0.39, 0.29) is 5.56 Å². The van der Waals surface area contributed by atoms with Crippen LogP contribution in [0.15, 0.2) is 53.5 Å². The Kier molecular flexibility index (Phi) is 3.80. The number of benzene rings is 1. The number of carbonyl (C=O) groups is 1. The van der Waals surface area contributed by atoms with E-state index < -0.39 is 11.5 Å². The fraction of sp³-hybridized carbons (Fsp3) is 0.118. The molecule has 0 aliphatic rings. The van der Waals surface area contributed by atoms with Crippen molar-refractivity contribution in [1.82, 2.24) is 14.8 Å². The Hall–Kier alpha value is -3.15. The molecule has 0 bridgehead atoms. The molecule has 6 heteroatoms. The highest BCUT2D eigenvalue weighted by atomic mass is 16.2. The van der Waals surface area contributed by atoms with Gasteiger partial charge in [0.2, 0.25) is 0 Å². The maximum Gasteiger partial charge on any atom is 0.261 e. The molecule has 2 N–H and O–H groups in total. The molecule has 0 saturated heterocycles. The summed E-state index contributed by atoms with van der Waals surface area (Å²) in [5.74, 6) is -0.458. The Morgan fingerprint density at radius 2 is 1.96 bits per heavy atom. The number of aromatic nitrogens is 3. The summed E-state index contributed by atoms with van der Waals surface area (Å²) >= 11 is 0. The van der Waals surface area contributed by atoms with Crippen LogP contribution in [0.4, 0.5) is 5.69 Å². The van der Waals surface area contributed by atoms with E-state index in [4.69, 9.17) is 0 Å². The molecule has 23 heavy (non-hydrogen) atoms. The van der Waals surface area contributed by atoms with E-state index in [2.05, 4.69) is 15.4 Å². The number of rotatable bonds is 3. The van der Waals surface area contributed by atoms with Crippen molar-refractivity contribution in [3.63, 3.8) is 0 Å². The molecule has 0 unspecified atom stereocenters. The number of amides is 1. The van der Waals surface area contributed by atoms with Crippen molar-refractivity contribution in [1.29, 1.82) is 0 Å². The van der Waals surface area contributed by atoms with E-state index in [9.17, 15) is 9.59 Å². The molecule has 1 amide bonds. The Bertz CT molecular complexity index is 924. The second kappa shape index (κ2) is 5.92. The van der Waals surface area contributed by atoms with Gasteiger partial charge in [-0.15, -0.1) is 0 Å². The highest BCUT2D eigenvalue weighted by Gasteiger charge is 2.14. The van der Waals surface area contributed by atoms with Crippen LogP contribution in [0.1, 0.15) is 21.7 Å². The van der Waals surface area contributed by atoms with Crippen LogP contribution >= 0.6 is 0 Å². The Morgan fingerprint density at radius 1 is 1.17 bits per heavy atom. The van der Waals surface area contributed by atoms with Crippen LogP contribution in [-0.2, 0) is 0 Å². The van der Waals surface area contributed by atoms with Crippen molar-refractivity contribution < 1.29 is 4.79 Å². The number of H-pyrrole nitrogens is 1. The van der Waals surface area contributed by atoms with Crippen LogP contribution in [0.5, 0.6) is 0 Å². The van der Waals surface area contributed by atoms with Gasteiger partial charge < -0.3 is 10.3 Å². The third-order valence-electron chi connectivity index (χ3n) is 3.45. The van der Waals surface area contributed by atoms with Gasteiger partial charge in [0.05, 0.1) is 17.1 Å². The molecule has 1 aromatic carbocycles. The number of anilines is 1. The highest BCUT2D eigenvalue weighted by Crippen LogP contribution is 2.21. The molecule has 0 atom stereocenters. The van der Waals surface area contributed by atoms with E-state index in [1.807, 2.05) is 38.1 Å². The van der Waals surface area contributed by atoms with Gasteiger partial charge in [0.25, 0.3) is 11.5 Å². The van der Waals surface area contributed by atoms with Gasteiger partial charge in [-0.25, -0.2) is 4.68 Å². The number of nitrogens with zero attached hydrogens (tertiary/aromatic N) is 2. The number of aromatic amines is 1. The number of pyridine rings is 1. The van der Waals surface area contributed by atoms with E-state index in [1.165, 1.54) is 12.3 Å². The van der Waals surface area contributed by atoms with Gasteiger partial charge in [0, 0.05) is 11.9 Å². The summed E-state index contributed by atoms with van der Waals surface area (Å²) in [7, 11) is 0. The number of nitrogens with one attached hydrogen (secondary N) is 2. The molecule has 0 spiro atoms. The minimum absolute atomic E-state index is 0.0654. The molecule has 0 fully saturated rings. The summed E-state index contributed by atoms with van der Waals surface area (Å²) in [6.07, 6.45) is 1.49. The predicted octanol–water partition coefficient (Wildman–Crippen LogP) is 2.43. The summed E-state index contributed by atoms with van der Waals surface area (Å²) in [5, 5.41) is 7.22. The summed E-state index contributed by atoms with van der Waals surface area (Å²) in [6, 6.07) is 12.4. The molecule has 0 saturated carbocycles. The lowest BCUT2D eigenvalue weighted by Gasteiger charge is -2.12. The Balaban J connectivity index is 1.99. The smallest absolute Gasteiger partial charge is 0.261 e. The topological polar surface area (TPSA) is 79.8 Å². The van der Waals surface area contributed by atoms with Crippen LogP contribution in [0.3, 0.4) is 0 Å². The third-order valence-corrected chi connectivity index (χ3v) is 3.45. The SMILES string of the molecule is Cc1cc(C)n(-c2ccccc2NC(=O)c2ccc[nH]c2=O)n1. The van der Waals surface area contributed by atoms with Crippen LogP contribution in [-0.4, -0.2) is 20.7 Å². The maximum atomic E-state index is 12.3. The van der Waals surface area contributed by atoms with Crippen molar-refractivity contribution in [2.45, 2.75) is 13.8 Å². The normalized spacial score (nSPS) is 10.5. The number of carbonyl (C=O) groups excluding carboxylic acids is 1. The van der Waals surface area contributed by atoms with Gasteiger partial charge in [-0.3, -0.25) is 9.59 Å². The number of hydrogen-bond donors (Lipinski definition) is 2. The van der Waals surface area contributed by atoms with E-state index in [0.717, 1.165) is 17.1 Å². The van der Waals surface area contributed by atoms with Crippen LogP contribution in [0.2, 0.25) is 0 Å². The summed E-state index contributed by atoms with van der Waals surface area (Å²) in [6.45, 7) is 3.86. The van der Waals surface area contributed by atoms with Gasteiger partial charge in [-0.2, -0.15) is 5.10 Å². The lowest BCUT2D eigenvalue weighted by atomic mass is 10.2. The zero-order valence-electron chi connectivity index (χ0n) is 12.8. The predicted molar refractivity (Wildman–Crippen MR) is 88.1 cm³/mol. The monoisotopic (exact) mass is 308 g/mol. The third kappa shape index (κ3) is 2.91. The first-order valence-electron chi connectivity index (χ1n) is 7.18. The van der Waals surface area contributed by atoms with Gasteiger partial charge >= 0.3 is 0 Å². The average Bonchev–Trinajstić information content (AvgIpc) is 2.86. The molecule has 3 aromatic rings. The molecule has 2 heterocycles. The molecule has 116 valence electrons. The van der Waals surface area contributed by atoms with Crippen molar-refractivity contribution in [3.8, 4) is 5.69 Å². The second-order valence-electron chi connectivity index (χ2n) is 5.22. The number of hydrogen-bond acceptors (Lipinski definition) is 3. The van der Waals surface area contributed by atoms with E-state index in [0.29, 0.717) is 5.69 Å². The zero-order valence-corrected chi connectivity index (χ0v) is 12.8. The van der Waals surface area contributed by atoms with E-state index in [1.54, 1.807) is 16.8 Å². The second-order valence-corrected chi connectivity index (χ2v) is 5.22. The average molecular weight is 308 g/mol. The van der Waals surface area contributed by atoms with Gasteiger partial charge in [-0.1, -0.05) is 12.1 Å². The molecule has 0 radical (unpaired) electrons. The maximum absolute atomic E-state index is 12.3. The fourth-order valence-electron chi connectivity index (χ4n) is 2.43. The first kappa shape index (κ1) is 14.8. The fourth-order valence-corrected chi connectivity index (χ4v) is 2.43. The van der Waals surface area contributed by atoms with Crippen LogP contribution < -0.4 is 10.9 Å². The van der Waals surface area contributed by atoms with E-state index >= 15 is 0 Å². The quantitative estimate of drug-likeness (QED) is 0.780. The highest BCUT2D eigenvalue weighted by molar-refractivity contribution is 6.05.